The van der Waals surface area contributed by atoms with Crippen molar-refractivity contribution in [2.24, 2.45) is 11.8 Å². The van der Waals surface area contributed by atoms with Crippen molar-refractivity contribution < 1.29 is 14.7 Å². The number of anilines is 1. The highest BCUT2D eigenvalue weighted by molar-refractivity contribution is 9.10. The summed E-state index contributed by atoms with van der Waals surface area (Å²) in [6.45, 7) is 0. The van der Waals surface area contributed by atoms with Crippen molar-refractivity contribution in [1.29, 1.82) is 5.26 Å². The van der Waals surface area contributed by atoms with Gasteiger partial charge in [0.25, 0.3) is 0 Å². The highest BCUT2D eigenvalue weighted by atomic mass is 79.9. The zero-order valence-electron chi connectivity index (χ0n) is 9.18. The molecule has 2 atom stereocenters. The summed E-state index contributed by atoms with van der Waals surface area (Å²) < 4.78 is 0.599. The van der Waals surface area contributed by atoms with Crippen LogP contribution in [0.5, 0.6) is 0 Å². The second-order valence-electron chi connectivity index (χ2n) is 4.08. The van der Waals surface area contributed by atoms with Gasteiger partial charge >= 0.3 is 5.97 Å². The van der Waals surface area contributed by atoms with Crippen LogP contribution < -0.4 is 5.32 Å². The Morgan fingerprint density at radius 2 is 2.17 bits per heavy atom. The Bertz CT molecular complexity index is 565. The van der Waals surface area contributed by atoms with Gasteiger partial charge in [-0.25, -0.2) is 0 Å². The van der Waals surface area contributed by atoms with E-state index in [0.29, 0.717) is 22.1 Å². The molecule has 0 unspecified atom stereocenters. The minimum atomic E-state index is -0.936. The van der Waals surface area contributed by atoms with Crippen LogP contribution in [0.2, 0.25) is 0 Å². The molecule has 2 N–H and O–H groups in total. The van der Waals surface area contributed by atoms with Crippen LogP contribution in [0.1, 0.15) is 12.0 Å². The normalized spacial score (nSPS) is 20.9. The monoisotopic (exact) mass is 308 g/mol. The predicted molar refractivity (Wildman–Crippen MR) is 66.7 cm³/mol. The topological polar surface area (TPSA) is 90.2 Å². The minimum absolute atomic E-state index is 0.298. The van der Waals surface area contributed by atoms with E-state index in [1.54, 1.807) is 18.2 Å². The first-order chi connectivity index (χ1) is 8.52. The van der Waals surface area contributed by atoms with Gasteiger partial charge in [0.1, 0.15) is 0 Å². The summed E-state index contributed by atoms with van der Waals surface area (Å²) in [5.74, 6) is -2.26. The first-order valence-corrected chi connectivity index (χ1v) is 6.05. The quantitative estimate of drug-likeness (QED) is 0.893. The second-order valence-corrected chi connectivity index (χ2v) is 4.94. The van der Waals surface area contributed by atoms with Crippen LogP contribution in [-0.2, 0) is 9.59 Å². The second kappa shape index (κ2) is 4.78. The van der Waals surface area contributed by atoms with Crippen LogP contribution in [0.25, 0.3) is 0 Å². The lowest BCUT2D eigenvalue weighted by molar-refractivity contribution is -0.139. The summed E-state index contributed by atoms with van der Waals surface area (Å²) in [5, 5.41) is 20.1. The fourth-order valence-corrected chi connectivity index (χ4v) is 2.15. The van der Waals surface area contributed by atoms with Gasteiger partial charge in [0.2, 0.25) is 5.91 Å². The summed E-state index contributed by atoms with van der Waals surface area (Å²) in [7, 11) is 0. The van der Waals surface area contributed by atoms with Crippen LogP contribution >= 0.6 is 15.9 Å². The van der Waals surface area contributed by atoms with Crippen molar-refractivity contribution in [2.45, 2.75) is 6.42 Å². The summed E-state index contributed by atoms with van der Waals surface area (Å²) in [6, 6.07) is 6.77. The Morgan fingerprint density at radius 1 is 1.44 bits per heavy atom. The average molecular weight is 309 g/mol. The molecule has 92 valence electrons. The first kappa shape index (κ1) is 12.6. The van der Waals surface area contributed by atoms with Gasteiger partial charge in [0.15, 0.2) is 0 Å². The first-order valence-electron chi connectivity index (χ1n) is 5.26. The fourth-order valence-electron chi connectivity index (χ4n) is 1.67. The van der Waals surface area contributed by atoms with Gasteiger partial charge in [-0.15, -0.1) is 0 Å². The number of halogens is 1. The lowest BCUT2D eigenvalue weighted by Crippen LogP contribution is -2.17. The van der Waals surface area contributed by atoms with E-state index in [9.17, 15) is 9.59 Å². The minimum Gasteiger partial charge on any atom is -0.481 e. The molecule has 2 rings (SSSR count). The largest absolute Gasteiger partial charge is 0.481 e. The molecule has 1 saturated carbocycles. The predicted octanol–water partition coefficient (Wildman–Crippen LogP) is 1.98. The van der Waals surface area contributed by atoms with Crippen LogP contribution in [0.3, 0.4) is 0 Å². The number of nitrogens with zero attached hydrogens (tertiary/aromatic N) is 1. The number of carboxylic acid groups (broad SMARTS) is 1. The van der Waals surface area contributed by atoms with Gasteiger partial charge in [-0.3, -0.25) is 9.59 Å². The van der Waals surface area contributed by atoms with Gasteiger partial charge < -0.3 is 10.4 Å². The Balaban J connectivity index is 2.05. The molecule has 1 fully saturated rings. The van der Waals surface area contributed by atoms with E-state index in [1.165, 1.54) is 0 Å². The van der Waals surface area contributed by atoms with E-state index >= 15 is 0 Å². The Hall–Kier alpha value is -1.87. The van der Waals surface area contributed by atoms with Crippen molar-refractivity contribution in [3.63, 3.8) is 0 Å². The Kier molecular flexibility index (Phi) is 3.34. The van der Waals surface area contributed by atoms with E-state index in [1.807, 2.05) is 6.07 Å². The number of carbonyl (C=O) groups is 2. The summed E-state index contributed by atoms with van der Waals surface area (Å²) in [5.41, 5.74) is 1.02. The third-order valence-corrected chi connectivity index (χ3v) is 3.46. The third kappa shape index (κ3) is 2.51. The molecule has 0 spiro atoms. The van der Waals surface area contributed by atoms with Crippen LogP contribution in [0, 0.1) is 23.2 Å². The maximum atomic E-state index is 11.7. The van der Waals surface area contributed by atoms with Crippen LogP contribution in [-0.4, -0.2) is 17.0 Å². The summed E-state index contributed by atoms with van der Waals surface area (Å²) in [4.78, 5) is 22.4. The molecule has 0 heterocycles. The summed E-state index contributed by atoms with van der Waals surface area (Å²) >= 11 is 3.25. The molecule has 0 radical (unpaired) electrons. The Morgan fingerprint density at radius 3 is 2.67 bits per heavy atom. The van der Waals surface area contributed by atoms with Crippen LogP contribution in [0.4, 0.5) is 5.69 Å². The number of carbonyl (C=O) groups excluding carboxylic acids is 1. The molecule has 0 bridgehead atoms. The molecule has 1 aliphatic carbocycles. The Labute approximate surface area is 112 Å². The number of rotatable bonds is 3. The number of aliphatic carboxylic acids is 1. The molecule has 1 aromatic carbocycles. The molecule has 0 saturated heterocycles. The van der Waals surface area contributed by atoms with Crippen molar-refractivity contribution in [3.8, 4) is 6.07 Å². The van der Waals surface area contributed by atoms with Gasteiger partial charge in [-0.1, -0.05) is 0 Å². The van der Waals surface area contributed by atoms with E-state index in [4.69, 9.17) is 10.4 Å². The van der Waals surface area contributed by atoms with Gasteiger partial charge in [-0.05, 0) is 40.5 Å². The lowest BCUT2D eigenvalue weighted by atomic mass is 10.2. The number of hydrogen-bond donors (Lipinski definition) is 2. The third-order valence-electron chi connectivity index (χ3n) is 2.80. The maximum absolute atomic E-state index is 11.7. The highest BCUT2D eigenvalue weighted by Crippen LogP contribution is 2.39. The maximum Gasteiger partial charge on any atom is 0.307 e. The van der Waals surface area contributed by atoms with Crippen molar-refractivity contribution in [3.05, 3.63) is 28.2 Å². The average Bonchev–Trinajstić information content (AvgIpc) is 3.11. The number of nitrogens with one attached hydrogen (secondary N) is 1. The van der Waals surface area contributed by atoms with Gasteiger partial charge in [-0.2, -0.15) is 5.26 Å². The molecular weight excluding hydrogens is 300 g/mol. The fraction of sp³-hybridized carbons (Fsp3) is 0.250. The number of hydrogen-bond acceptors (Lipinski definition) is 3. The molecule has 18 heavy (non-hydrogen) atoms. The molecule has 0 aromatic heterocycles. The molecular formula is C12H9BrN2O3. The van der Waals surface area contributed by atoms with Crippen molar-refractivity contribution >= 4 is 33.5 Å². The highest BCUT2D eigenvalue weighted by Gasteiger charge is 2.48. The standard InChI is InChI=1S/C12H9BrN2O3/c13-9-3-6(5-14)1-2-10(9)15-11(16)7-4-8(7)12(17)18/h1-3,7-8H,4H2,(H,15,16)(H,17,18)/t7-,8+/m1/s1. The SMILES string of the molecule is N#Cc1ccc(NC(=O)[C@@H]2C[C@@H]2C(=O)O)c(Br)c1. The van der Waals surface area contributed by atoms with Crippen molar-refractivity contribution in [1.82, 2.24) is 0 Å². The van der Waals surface area contributed by atoms with E-state index in [-0.39, 0.29) is 5.91 Å². The van der Waals surface area contributed by atoms with E-state index < -0.39 is 17.8 Å². The van der Waals surface area contributed by atoms with Gasteiger partial charge in [0, 0.05) is 4.47 Å². The lowest BCUT2D eigenvalue weighted by Gasteiger charge is -2.06. The van der Waals surface area contributed by atoms with Crippen molar-refractivity contribution in [2.75, 3.05) is 5.32 Å². The van der Waals surface area contributed by atoms with Gasteiger partial charge in [0.05, 0.1) is 29.2 Å². The van der Waals surface area contributed by atoms with E-state index in [0.717, 1.165) is 0 Å². The number of amides is 1. The van der Waals surface area contributed by atoms with E-state index in [2.05, 4.69) is 21.2 Å². The molecule has 1 aliphatic rings. The molecule has 1 amide bonds. The smallest absolute Gasteiger partial charge is 0.307 e. The number of carboxylic acids is 1. The molecule has 6 heteroatoms. The molecule has 0 aliphatic heterocycles. The summed E-state index contributed by atoms with van der Waals surface area (Å²) in [6.07, 6.45) is 0.384. The van der Waals surface area contributed by atoms with Crippen LogP contribution in [0.15, 0.2) is 22.7 Å². The number of benzene rings is 1. The number of nitriles is 1. The zero-order chi connectivity index (χ0) is 13.3. The zero-order valence-corrected chi connectivity index (χ0v) is 10.8. The molecule has 1 aromatic rings. The molecule has 5 nitrogen and oxygen atoms in total.